The summed E-state index contributed by atoms with van der Waals surface area (Å²) in [7, 11) is 0. The summed E-state index contributed by atoms with van der Waals surface area (Å²) in [5, 5.41) is 11.8. The molecule has 1 aromatic rings. The average Bonchev–Trinajstić information content (AvgIpc) is 2.34. The van der Waals surface area contributed by atoms with E-state index in [9.17, 15) is 19.1 Å². The summed E-state index contributed by atoms with van der Waals surface area (Å²) >= 11 is 0. The Balaban J connectivity index is 2.07. The van der Waals surface area contributed by atoms with Crippen LogP contribution in [-0.2, 0) is 9.59 Å². The molecule has 1 fully saturated rings. The van der Waals surface area contributed by atoms with Gasteiger partial charge in [0.1, 0.15) is 5.82 Å². The van der Waals surface area contributed by atoms with E-state index >= 15 is 0 Å². The number of amides is 1. The molecule has 0 spiro atoms. The Hall–Kier alpha value is -1.91. The van der Waals surface area contributed by atoms with Crippen LogP contribution in [0.2, 0.25) is 0 Å². The molecular weight excluding hydrogens is 261 g/mol. The highest BCUT2D eigenvalue weighted by atomic mass is 19.1. The first-order chi connectivity index (χ1) is 9.47. The number of nitrogens with one attached hydrogen (secondary N) is 1. The maximum Gasteiger partial charge on any atom is 0.330 e. The summed E-state index contributed by atoms with van der Waals surface area (Å²) in [6.07, 6.45) is 3.56. The predicted octanol–water partition coefficient (Wildman–Crippen LogP) is 2.57. The molecule has 1 amide bonds. The number of hydrogen-bond donors (Lipinski definition) is 2. The lowest BCUT2D eigenvalue weighted by atomic mass is 9.83. The van der Waals surface area contributed by atoms with Gasteiger partial charge in [0.05, 0.1) is 0 Å². The lowest BCUT2D eigenvalue weighted by Crippen LogP contribution is -2.35. The normalized spacial score (nSPS) is 16.3. The number of carbonyl (C=O) groups is 2. The van der Waals surface area contributed by atoms with Gasteiger partial charge < -0.3 is 10.4 Å². The smallest absolute Gasteiger partial charge is 0.330 e. The zero-order valence-corrected chi connectivity index (χ0v) is 11.4. The maximum atomic E-state index is 13.2. The first-order valence-corrected chi connectivity index (χ1v) is 6.75. The van der Waals surface area contributed by atoms with E-state index in [0.717, 1.165) is 19.3 Å². The Labute approximate surface area is 117 Å². The highest BCUT2D eigenvalue weighted by molar-refractivity contribution is 5.84. The molecule has 0 heterocycles. The van der Waals surface area contributed by atoms with Crippen molar-refractivity contribution >= 4 is 11.9 Å². The van der Waals surface area contributed by atoms with Gasteiger partial charge in [0.15, 0.2) is 6.04 Å². The molecule has 20 heavy (non-hydrogen) atoms. The number of aryl methyl sites for hydroxylation is 1. The van der Waals surface area contributed by atoms with Crippen LogP contribution in [0.25, 0.3) is 0 Å². The second-order valence-corrected chi connectivity index (χ2v) is 5.35. The summed E-state index contributed by atoms with van der Waals surface area (Å²) in [5.74, 6) is -1.42. The van der Waals surface area contributed by atoms with Crippen molar-refractivity contribution in [3.63, 3.8) is 0 Å². The third kappa shape index (κ3) is 3.35. The van der Waals surface area contributed by atoms with E-state index in [1.165, 1.54) is 18.2 Å². The Morgan fingerprint density at radius 2 is 2.15 bits per heavy atom. The van der Waals surface area contributed by atoms with Gasteiger partial charge in [-0.05, 0) is 42.9 Å². The molecule has 0 bridgehead atoms. The largest absolute Gasteiger partial charge is 0.479 e. The van der Waals surface area contributed by atoms with Crippen molar-refractivity contribution in [3.8, 4) is 0 Å². The number of carboxylic acids is 1. The van der Waals surface area contributed by atoms with Crippen molar-refractivity contribution in [2.24, 2.45) is 5.92 Å². The minimum absolute atomic E-state index is 0.260. The number of carboxylic acid groups (broad SMARTS) is 1. The lowest BCUT2D eigenvalue weighted by Gasteiger charge is -2.25. The minimum Gasteiger partial charge on any atom is -0.479 e. The molecule has 0 aromatic heterocycles. The van der Waals surface area contributed by atoms with Crippen molar-refractivity contribution in [1.29, 1.82) is 0 Å². The van der Waals surface area contributed by atoms with Crippen LogP contribution in [-0.4, -0.2) is 17.0 Å². The number of rotatable bonds is 5. The molecule has 0 saturated heterocycles. The molecule has 1 aromatic carbocycles. The molecular formula is C15H18FNO3. The van der Waals surface area contributed by atoms with Crippen molar-refractivity contribution in [3.05, 3.63) is 35.1 Å². The third-order valence-corrected chi connectivity index (χ3v) is 3.77. The summed E-state index contributed by atoms with van der Waals surface area (Å²) in [5.41, 5.74) is 0.750. The minimum atomic E-state index is -1.14. The summed E-state index contributed by atoms with van der Waals surface area (Å²) in [6.45, 7) is 1.56. The number of halogens is 1. The standard InChI is InChI=1S/C15H18FNO3/c1-9-7-11(5-6-12(9)16)14(15(19)20)17-13(18)8-10-3-2-4-10/h5-7,10,14H,2-4,8H2,1H3,(H,17,18)(H,19,20). The van der Waals surface area contributed by atoms with Gasteiger partial charge in [-0.25, -0.2) is 9.18 Å². The average molecular weight is 279 g/mol. The van der Waals surface area contributed by atoms with Crippen LogP contribution in [0.4, 0.5) is 4.39 Å². The number of benzene rings is 1. The van der Waals surface area contributed by atoms with Crippen molar-refractivity contribution in [2.75, 3.05) is 0 Å². The molecule has 1 atom stereocenters. The fraction of sp³-hybridized carbons (Fsp3) is 0.467. The first kappa shape index (κ1) is 14.5. The Morgan fingerprint density at radius 3 is 2.65 bits per heavy atom. The highest BCUT2D eigenvalue weighted by Gasteiger charge is 2.26. The van der Waals surface area contributed by atoms with Gasteiger partial charge in [-0.15, -0.1) is 0 Å². The van der Waals surface area contributed by atoms with E-state index in [-0.39, 0.29) is 5.91 Å². The first-order valence-electron chi connectivity index (χ1n) is 6.75. The molecule has 108 valence electrons. The van der Waals surface area contributed by atoms with Crippen molar-refractivity contribution in [1.82, 2.24) is 5.32 Å². The fourth-order valence-corrected chi connectivity index (χ4v) is 2.31. The van der Waals surface area contributed by atoms with E-state index in [2.05, 4.69) is 5.32 Å². The Kier molecular flexibility index (Phi) is 4.37. The monoisotopic (exact) mass is 279 g/mol. The number of carbonyl (C=O) groups excluding carboxylic acids is 1. The van der Waals surface area contributed by atoms with E-state index in [1.54, 1.807) is 6.92 Å². The molecule has 1 unspecified atom stereocenters. The van der Waals surface area contributed by atoms with E-state index in [1.807, 2.05) is 0 Å². The summed E-state index contributed by atoms with van der Waals surface area (Å²) < 4.78 is 13.2. The van der Waals surface area contributed by atoms with Crippen LogP contribution in [0.15, 0.2) is 18.2 Å². The maximum absolute atomic E-state index is 13.2. The van der Waals surface area contributed by atoms with Crippen LogP contribution in [0.1, 0.15) is 42.9 Å². The lowest BCUT2D eigenvalue weighted by molar-refractivity contribution is -0.142. The third-order valence-electron chi connectivity index (χ3n) is 3.77. The second kappa shape index (κ2) is 6.03. The second-order valence-electron chi connectivity index (χ2n) is 5.35. The molecule has 4 nitrogen and oxygen atoms in total. The number of hydrogen-bond acceptors (Lipinski definition) is 2. The van der Waals surface area contributed by atoms with Gasteiger partial charge in [-0.1, -0.05) is 18.6 Å². The van der Waals surface area contributed by atoms with E-state index < -0.39 is 17.8 Å². The summed E-state index contributed by atoms with van der Waals surface area (Å²) in [4.78, 5) is 23.1. The van der Waals surface area contributed by atoms with Crippen molar-refractivity contribution < 1.29 is 19.1 Å². The zero-order valence-electron chi connectivity index (χ0n) is 11.4. The number of aliphatic carboxylic acids is 1. The van der Waals surface area contributed by atoms with Gasteiger partial charge in [0, 0.05) is 6.42 Å². The molecule has 2 N–H and O–H groups in total. The molecule has 1 saturated carbocycles. The van der Waals surface area contributed by atoms with Gasteiger partial charge in [-0.3, -0.25) is 4.79 Å². The van der Waals surface area contributed by atoms with Gasteiger partial charge >= 0.3 is 5.97 Å². The molecule has 0 aliphatic heterocycles. The molecule has 1 aliphatic rings. The van der Waals surface area contributed by atoms with Crippen molar-refractivity contribution in [2.45, 2.75) is 38.6 Å². The van der Waals surface area contributed by atoms with E-state index in [0.29, 0.717) is 23.5 Å². The SMILES string of the molecule is Cc1cc(C(NC(=O)CC2CCC2)C(=O)O)ccc1F. The topological polar surface area (TPSA) is 66.4 Å². The molecule has 5 heteroatoms. The van der Waals surface area contributed by atoms with Crippen LogP contribution in [0.3, 0.4) is 0 Å². The van der Waals surface area contributed by atoms with Gasteiger partial charge in [-0.2, -0.15) is 0 Å². The summed E-state index contributed by atoms with van der Waals surface area (Å²) in [6, 6.07) is 2.95. The van der Waals surface area contributed by atoms with Gasteiger partial charge in [0.25, 0.3) is 0 Å². The highest BCUT2D eigenvalue weighted by Crippen LogP contribution is 2.29. The molecule has 1 aliphatic carbocycles. The molecule has 2 rings (SSSR count). The van der Waals surface area contributed by atoms with Gasteiger partial charge in [0.2, 0.25) is 5.91 Å². The zero-order chi connectivity index (χ0) is 14.7. The van der Waals surface area contributed by atoms with Crippen LogP contribution in [0, 0.1) is 18.7 Å². The van der Waals surface area contributed by atoms with Crippen LogP contribution in [0.5, 0.6) is 0 Å². The fourth-order valence-electron chi connectivity index (χ4n) is 2.31. The Bertz CT molecular complexity index is 526. The quantitative estimate of drug-likeness (QED) is 0.870. The predicted molar refractivity (Wildman–Crippen MR) is 71.6 cm³/mol. The Morgan fingerprint density at radius 1 is 1.45 bits per heavy atom. The van der Waals surface area contributed by atoms with Crippen LogP contribution >= 0.6 is 0 Å². The van der Waals surface area contributed by atoms with E-state index in [4.69, 9.17) is 0 Å². The van der Waals surface area contributed by atoms with Crippen LogP contribution < -0.4 is 5.32 Å². The molecule has 0 radical (unpaired) electrons.